The largest absolute Gasteiger partial charge is 0.465 e. The van der Waals surface area contributed by atoms with Crippen molar-refractivity contribution in [2.75, 3.05) is 7.11 Å². The molecule has 3 aromatic rings. The van der Waals surface area contributed by atoms with Crippen LogP contribution < -0.4 is 10.2 Å². The van der Waals surface area contributed by atoms with Crippen molar-refractivity contribution in [1.82, 2.24) is 10.4 Å². The van der Waals surface area contributed by atoms with Crippen LogP contribution in [0.5, 0.6) is 5.75 Å². The van der Waals surface area contributed by atoms with Crippen molar-refractivity contribution in [1.29, 1.82) is 0 Å². The molecule has 0 atom stereocenters. The molecule has 1 aliphatic rings. The number of ether oxygens (including phenoxy) is 2. The summed E-state index contributed by atoms with van der Waals surface area (Å²) in [6.45, 7) is 1.75. The van der Waals surface area contributed by atoms with Crippen LogP contribution >= 0.6 is 0 Å². The number of nitrogens with one attached hydrogen (secondary N) is 1. The van der Waals surface area contributed by atoms with E-state index in [4.69, 9.17) is 9.15 Å². The number of rotatable bonds is 5. The number of fused-ring (bicyclic) bond motifs is 1. The standard InChI is InChI=1S/C24H21N3O6/c1-14-20-17(26-27-22(28)18-6-3-4-13-25-18)7-5-8-19(20)33-21(14)24(30)32-16-11-9-15(10-12-16)23(29)31-2/h3-4,6,9-13H,5,7-8H2,1-2H3,(H,27,28)/b26-17+. The summed E-state index contributed by atoms with van der Waals surface area (Å²) in [5.74, 6) is -0.612. The first-order chi connectivity index (χ1) is 16.0. The number of hydrogen-bond acceptors (Lipinski definition) is 8. The van der Waals surface area contributed by atoms with E-state index < -0.39 is 17.8 Å². The summed E-state index contributed by atoms with van der Waals surface area (Å²) in [6.07, 6.45) is 3.56. The summed E-state index contributed by atoms with van der Waals surface area (Å²) < 4.78 is 15.9. The minimum atomic E-state index is -0.662. The van der Waals surface area contributed by atoms with Crippen LogP contribution in [0.1, 0.15) is 61.1 Å². The fraction of sp³-hybridized carbons (Fsp3) is 0.208. The molecule has 168 valence electrons. The number of pyridine rings is 1. The second-order valence-corrected chi connectivity index (χ2v) is 7.33. The number of nitrogens with zero attached hydrogens (tertiary/aromatic N) is 2. The number of aromatic nitrogens is 1. The van der Waals surface area contributed by atoms with Gasteiger partial charge in [0.2, 0.25) is 5.76 Å². The zero-order chi connectivity index (χ0) is 23.4. The molecule has 33 heavy (non-hydrogen) atoms. The van der Waals surface area contributed by atoms with E-state index in [-0.39, 0.29) is 17.2 Å². The van der Waals surface area contributed by atoms with Crippen LogP contribution in [-0.4, -0.2) is 35.7 Å². The topological polar surface area (TPSA) is 120 Å². The molecule has 0 radical (unpaired) electrons. The van der Waals surface area contributed by atoms with Gasteiger partial charge in [0.1, 0.15) is 17.2 Å². The molecule has 0 saturated heterocycles. The summed E-state index contributed by atoms with van der Waals surface area (Å²) in [6, 6.07) is 11.0. The van der Waals surface area contributed by atoms with E-state index in [0.29, 0.717) is 41.0 Å². The fourth-order valence-corrected chi connectivity index (χ4v) is 3.58. The number of furan rings is 1. The van der Waals surface area contributed by atoms with E-state index in [1.165, 1.54) is 37.6 Å². The molecule has 2 heterocycles. The lowest BCUT2D eigenvalue weighted by atomic mass is 9.93. The molecular weight excluding hydrogens is 426 g/mol. The maximum atomic E-state index is 12.8. The number of hydrazone groups is 1. The normalized spacial score (nSPS) is 13.8. The van der Waals surface area contributed by atoms with Crippen LogP contribution in [0.3, 0.4) is 0 Å². The van der Waals surface area contributed by atoms with Gasteiger partial charge in [0, 0.05) is 23.7 Å². The van der Waals surface area contributed by atoms with Crippen molar-refractivity contribution in [3.05, 3.63) is 82.6 Å². The average Bonchev–Trinajstić information content (AvgIpc) is 3.20. The smallest absolute Gasteiger partial charge is 0.379 e. The highest BCUT2D eigenvalue weighted by molar-refractivity contribution is 6.06. The zero-order valence-corrected chi connectivity index (χ0v) is 18.1. The number of benzene rings is 1. The Kier molecular flexibility index (Phi) is 6.30. The Labute approximate surface area is 189 Å². The highest BCUT2D eigenvalue weighted by Gasteiger charge is 2.29. The Bertz CT molecular complexity index is 1230. The van der Waals surface area contributed by atoms with Crippen LogP contribution in [0.4, 0.5) is 0 Å². The molecule has 0 saturated carbocycles. The van der Waals surface area contributed by atoms with Crippen molar-refractivity contribution in [2.24, 2.45) is 5.10 Å². The quantitative estimate of drug-likeness (QED) is 0.361. The molecule has 1 amide bonds. The van der Waals surface area contributed by atoms with E-state index in [9.17, 15) is 14.4 Å². The number of carbonyl (C=O) groups is 3. The summed E-state index contributed by atoms with van der Waals surface area (Å²) in [4.78, 5) is 40.6. The highest BCUT2D eigenvalue weighted by Crippen LogP contribution is 2.30. The Morgan fingerprint density at radius 1 is 1.06 bits per heavy atom. The Morgan fingerprint density at radius 3 is 2.55 bits per heavy atom. The number of esters is 2. The van der Waals surface area contributed by atoms with Crippen LogP contribution in [0, 0.1) is 6.92 Å². The van der Waals surface area contributed by atoms with Gasteiger partial charge in [-0.2, -0.15) is 5.10 Å². The molecule has 0 unspecified atom stereocenters. The Morgan fingerprint density at radius 2 is 1.85 bits per heavy atom. The molecule has 0 aliphatic heterocycles. The monoisotopic (exact) mass is 447 g/mol. The van der Waals surface area contributed by atoms with Crippen LogP contribution in [0.2, 0.25) is 0 Å². The summed E-state index contributed by atoms with van der Waals surface area (Å²) >= 11 is 0. The van der Waals surface area contributed by atoms with E-state index in [1.54, 1.807) is 25.1 Å². The van der Waals surface area contributed by atoms with Gasteiger partial charge in [-0.1, -0.05) is 6.07 Å². The van der Waals surface area contributed by atoms with Crippen molar-refractivity contribution in [3.8, 4) is 5.75 Å². The van der Waals surface area contributed by atoms with Gasteiger partial charge in [0.15, 0.2) is 0 Å². The van der Waals surface area contributed by atoms with Crippen molar-refractivity contribution in [2.45, 2.75) is 26.2 Å². The van der Waals surface area contributed by atoms with Gasteiger partial charge < -0.3 is 13.9 Å². The molecule has 0 spiro atoms. The van der Waals surface area contributed by atoms with Gasteiger partial charge in [-0.25, -0.2) is 15.0 Å². The fourth-order valence-electron chi connectivity index (χ4n) is 3.58. The van der Waals surface area contributed by atoms with E-state index in [2.05, 4.69) is 20.2 Å². The maximum absolute atomic E-state index is 12.8. The van der Waals surface area contributed by atoms with Crippen LogP contribution in [0.15, 0.2) is 58.2 Å². The van der Waals surface area contributed by atoms with E-state index in [0.717, 1.165) is 6.42 Å². The van der Waals surface area contributed by atoms with Gasteiger partial charge >= 0.3 is 11.9 Å². The molecule has 0 fully saturated rings. The minimum Gasteiger partial charge on any atom is -0.465 e. The third kappa shape index (κ3) is 4.67. The number of methoxy groups -OCH3 is 1. The van der Waals surface area contributed by atoms with Crippen LogP contribution in [0.25, 0.3) is 0 Å². The molecule has 4 rings (SSSR count). The molecule has 9 nitrogen and oxygen atoms in total. The van der Waals surface area contributed by atoms with E-state index in [1.807, 2.05) is 0 Å². The predicted octanol–water partition coefficient (Wildman–Crippen LogP) is 3.46. The molecule has 1 aromatic carbocycles. The van der Waals surface area contributed by atoms with Crippen molar-refractivity contribution >= 4 is 23.6 Å². The van der Waals surface area contributed by atoms with E-state index >= 15 is 0 Å². The lowest BCUT2D eigenvalue weighted by Crippen LogP contribution is -2.22. The van der Waals surface area contributed by atoms with Gasteiger partial charge in [-0.3, -0.25) is 9.78 Å². The minimum absolute atomic E-state index is 0.0719. The number of amides is 1. The number of aryl methyl sites for hydroxylation is 1. The first-order valence-corrected chi connectivity index (χ1v) is 10.3. The third-order valence-electron chi connectivity index (χ3n) is 5.19. The predicted molar refractivity (Wildman–Crippen MR) is 117 cm³/mol. The molecule has 1 N–H and O–H groups in total. The zero-order valence-electron chi connectivity index (χ0n) is 18.1. The van der Waals surface area contributed by atoms with Crippen molar-refractivity contribution in [3.63, 3.8) is 0 Å². The molecular formula is C24H21N3O6. The molecule has 0 bridgehead atoms. The van der Waals surface area contributed by atoms with Gasteiger partial charge in [-0.05, 0) is 56.2 Å². The first kappa shape index (κ1) is 21.9. The summed E-state index contributed by atoms with van der Waals surface area (Å²) in [5, 5.41) is 4.27. The average molecular weight is 447 g/mol. The van der Waals surface area contributed by atoms with Gasteiger partial charge in [0.05, 0.1) is 18.4 Å². The summed E-state index contributed by atoms with van der Waals surface area (Å²) in [5.41, 5.74) is 5.04. The lowest BCUT2D eigenvalue weighted by Gasteiger charge is -2.13. The number of carbonyl (C=O) groups excluding carboxylic acids is 3. The molecule has 9 heteroatoms. The second-order valence-electron chi connectivity index (χ2n) is 7.33. The first-order valence-electron chi connectivity index (χ1n) is 10.3. The molecule has 1 aliphatic carbocycles. The van der Waals surface area contributed by atoms with Crippen LogP contribution in [-0.2, 0) is 11.2 Å². The number of hydrogen-bond donors (Lipinski definition) is 1. The van der Waals surface area contributed by atoms with Crippen molar-refractivity contribution < 1.29 is 28.3 Å². The second kappa shape index (κ2) is 9.47. The Hall–Kier alpha value is -4.27. The third-order valence-corrected chi connectivity index (χ3v) is 5.19. The molecule has 2 aromatic heterocycles. The summed E-state index contributed by atoms with van der Waals surface area (Å²) in [7, 11) is 1.29. The Balaban J connectivity index is 1.53. The lowest BCUT2D eigenvalue weighted by molar-refractivity contribution is 0.0600. The van der Waals surface area contributed by atoms with Gasteiger partial charge in [0.25, 0.3) is 5.91 Å². The maximum Gasteiger partial charge on any atom is 0.379 e. The SMILES string of the molecule is COC(=O)c1ccc(OC(=O)c2oc3c(c2C)/C(=N/NC(=O)c2ccccn2)CCC3)cc1. The van der Waals surface area contributed by atoms with Gasteiger partial charge in [-0.15, -0.1) is 0 Å². The highest BCUT2D eigenvalue weighted by atomic mass is 16.5.